The van der Waals surface area contributed by atoms with E-state index >= 15 is 0 Å². The number of imide groups is 1. The summed E-state index contributed by atoms with van der Waals surface area (Å²) in [7, 11) is 0. The lowest BCUT2D eigenvalue weighted by Gasteiger charge is -2.12. The Bertz CT molecular complexity index is 1340. The zero-order valence-electron chi connectivity index (χ0n) is 16.4. The van der Waals surface area contributed by atoms with Crippen molar-refractivity contribution in [3.63, 3.8) is 0 Å². The zero-order chi connectivity index (χ0) is 21.4. The van der Waals surface area contributed by atoms with Crippen molar-refractivity contribution in [3.05, 3.63) is 106 Å². The van der Waals surface area contributed by atoms with Gasteiger partial charge < -0.3 is 4.57 Å². The van der Waals surface area contributed by atoms with Crippen LogP contribution in [0.25, 0.3) is 22.5 Å². The van der Waals surface area contributed by atoms with Gasteiger partial charge in [0.1, 0.15) is 0 Å². The van der Waals surface area contributed by atoms with Crippen molar-refractivity contribution in [2.45, 2.75) is 6.54 Å². The maximum absolute atomic E-state index is 12.9. The average Bonchev–Trinajstić information content (AvgIpc) is 3.35. The van der Waals surface area contributed by atoms with E-state index in [4.69, 9.17) is 0 Å². The van der Waals surface area contributed by atoms with Gasteiger partial charge in [0.15, 0.2) is 0 Å². The molecule has 0 spiro atoms. The van der Waals surface area contributed by atoms with E-state index in [1.165, 1.54) is 10.3 Å². The molecule has 1 fully saturated rings. The third kappa shape index (κ3) is 3.96. The number of benzene rings is 3. The SMILES string of the molecule is O=C1S/C(=C\c2cccn2-c2ccc3ccccc3c2)C(=O)N1Cc1ccc(Br)cc1. The standard InChI is InChI=1S/C25H17BrN2O2S/c26-20-10-7-17(8-11-20)16-28-24(29)23(31-25(28)30)15-21-6-3-13-27(21)22-12-9-18-4-1-2-5-19(18)14-22/h1-15H,16H2/b23-15-. The summed E-state index contributed by atoms with van der Waals surface area (Å²) >= 11 is 4.39. The third-order valence-electron chi connectivity index (χ3n) is 5.20. The monoisotopic (exact) mass is 488 g/mol. The van der Waals surface area contributed by atoms with E-state index in [2.05, 4.69) is 46.3 Å². The summed E-state index contributed by atoms with van der Waals surface area (Å²) in [6.45, 7) is 0.265. The van der Waals surface area contributed by atoms with Crippen LogP contribution in [0.1, 0.15) is 11.3 Å². The van der Waals surface area contributed by atoms with Crippen LogP contribution in [0.4, 0.5) is 4.79 Å². The molecule has 0 saturated carbocycles. The molecule has 4 aromatic rings. The van der Waals surface area contributed by atoms with Gasteiger partial charge in [-0.05, 0) is 70.6 Å². The van der Waals surface area contributed by atoms with Crippen molar-refractivity contribution in [1.82, 2.24) is 9.47 Å². The number of nitrogens with zero attached hydrogens (tertiary/aromatic N) is 2. The Balaban J connectivity index is 1.43. The van der Waals surface area contributed by atoms with Crippen molar-refractivity contribution in [2.75, 3.05) is 0 Å². The summed E-state index contributed by atoms with van der Waals surface area (Å²) in [6, 6.07) is 26.0. The molecule has 5 rings (SSSR count). The number of carbonyl (C=O) groups excluding carboxylic acids is 2. The van der Waals surface area contributed by atoms with E-state index in [0.717, 1.165) is 38.6 Å². The van der Waals surface area contributed by atoms with Gasteiger partial charge in [-0.3, -0.25) is 14.5 Å². The second kappa shape index (κ2) is 8.21. The molecule has 0 aliphatic carbocycles. The fourth-order valence-corrected chi connectivity index (χ4v) is 4.70. The quantitative estimate of drug-likeness (QED) is 0.302. The average molecular weight is 489 g/mol. The molecule has 1 aromatic heterocycles. The maximum atomic E-state index is 12.9. The molecule has 0 radical (unpaired) electrons. The van der Waals surface area contributed by atoms with Crippen LogP contribution in [0.15, 0.2) is 94.4 Å². The fourth-order valence-electron chi connectivity index (χ4n) is 3.62. The highest BCUT2D eigenvalue weighted by Crippen LogP contribution is 2.34. The topological polar surface area (TPSA) is 42.3 Å². The van der Waals surface area contributed by atoms with Crippen LogP contribution < -0.4 is 0 Å². The van der Waals surface area contributed by atoms with Crippen molar-refractivity contribution in [1.29, 1.82) is 0 Å². The molecule has 2 amide bonds. The van der Waals surface area contributed by atoms with Crippen LogP contribution in [0.3, 0.4) is 0 Å². The van der Waals surface area contributed by atoms with Crippen LogP contribution in [-0.4, -0.2) is 20.6 Å². The van der Waals surface area contributed by atoms with E-state index in [1.54, 1.807) is 6.08 Å². The number of amides is 2. The number of carbonyl (C=O) groups is 2. The van der Waals surface area contributed by atoms with E-state index in [-0.39, 0.29) is 17.7 Å². The Morgan fingerprint density at radius 2 is 1.65 bits per heavy atom. The Hall–Kier alpha value is -3.09. The first kappa shape index (κ1) is 19.8. The van der Waals surface area contributed by atoms with Gasteiger partial charge in [0.25, 0.3) is 11.1 Å². The second-order valence-corrected chi connectivity index (χ2v) is 9.14. The first-order valence-corrected chi connectivity index (χ1v) is 11.4. The fraction of sp³-hybridized carbons (Fsp3) is 0.0400. The normalized spacial score (nSPS) is 15.4. The van der Waals surface area contributed by atoms with Crippen LogP contribution in [-0.2, 0) is 11.3 Å². The highest BCUT2D eigenvalue weighted by atomic mass is 79.9. The molecule has 0 unspecified atom stereocenters. The molecule has 1 saturated heterocycles. The van der Waals surface area contributed by atoms with Gasteiger partial charge >= 0.3 is 0 Å². The van der Waals surface area contributed by atoms with Gasteiger partial charge in [-0.1, -0.05) is 58.4 Å². The minimum atomic E-state index is -0.260. The minimum Gasteiger partial charge on any atom is -0.317 e. The second-order valence-electron chi connectivity index (χ2n) is 7.23. The number of hydrogen-bond donors (Lipinski definition) is 0. The molecule has 4 nitrogen and oxygen atoms in total. The van der Waals surface area contributed by atoms with E-state index < -0.39 is 0 Å². The minimum absolute atomic E-state index is 0.247. The number of thioether (sulfide) groups is 1. The van der Waals surface area contributed by atoms with Crippen LogP contribution in [0.5, 0.6) is 0 Å². The Labute approximate surface area is 192 Å². The predicted molar refractivity (Wildman–Crippen MR) is 129 cm³/mol. The number of hydrogen-bond acceptors (Lipinski definition) is 3. The van der Waals surface area contributed by atoms with Gasteiger partial charge in [0.2, 0.25) is 0 Å². The largest absolute Gasteiger partial charge is 0.317 e. The smallest absolute Gasteiger partial charge is 0.293 e. The summed E-state index contributed by atoms with van der Waals surface area (Å²) in [4.78, 5) is 27.2. The molecule has 0 bridgehead atoms. The summed E-state index contributed by atoms with van der Waals surface area (Å²) in [5.74, 6) is -0.260. The van der Waals surface area contributed by atoms with Gasteiger partial charge in [0, 0.05) is 22.1 Å². The molecule has 1 aliphatic rings. The first-order chi connectivity index (χ1) is 15.1. The lowest BCUT2D eigenvalue weighted by molar-refractivity contribution is -0.123. The van der Waals surface area contributed by atoms with E-state index in [1.807, 2.05) is 59.3 Å². The molecule has 3 aromatic carbocycles. The number of fused-ring (bicyclic) bond motifs is 1. The molecule has 6 heteroatoms. The Morgan fingerprint density at radius 1 is 0.871 bits per heavy atom. The van der Waals surface area contributed by atoms with Crippen molar-refractivity contribution in [2.24, 2.45) is 0 Å². The van der Waals surface area contributed by atoms with Crippen molar-refractivity contribution >= 4 is 55.7 Å². The molecule has 2 heterocycles. The zero-order valence-corrected chi connectivity index (χ0v) is 18.8. The summed E-state index contributed by atoms with van der Waals surface area (Å²) in [6.07, 6.45) is 3.75. The van der Waals surface area contributed by atoms with Crippen LogP contribution in [0, 0.1) is 0 Å². The summed E-state index contributed by atoms with van der Waals surface area (Å²) in [5, 5.41) is 2.08. The van der Waals surface area contributed by atoms with Gasteiger partial charge in [0.05, 0.1) is 11.4 Å². The maximum Gasteiger partial charge on any atom is 0.293 e. The molecular weight excluding hydrogens is 472 g/mol. The van der Waals surface area contributed by atoms with Gasteiger partial charge in [-0.15, -0.1) is 0 Å². The van der Waals surface area contributed by atoms with Gasteiger partial charge in [-0.2, -0.15) is 0 Å². The Morgan fingerprint density at radius 3 is 2.45 bits per heavy atom. The number of halogens is 1. The van der Waals surface area contributed by atoms with E-state index in [9.17, 15) is 9.59 Å². The molecule has 1 aliphatic heterocycles. The van der Waals surface area contributed by atoms with Crippen LogP contribution >= 0.6 is 27.7 Å². The first-order valence-electron chi connectivity index (χ1n) is 9.75. The molecule has 0 N–H and O–H groups in total. The number of aromatic nitrogens is 1. The summed E-state index contributed by atoms with van der Waals surface area (Å²) in [5.41, 5.74) is 2.76. The van der Waals surface area contributed by atoms with Crippen LogP contribution in [0.2, 0.25) is 0 Å². The van der Waals surface area contributed by atoms with Crippen molar-refractivity contribution in [3.8, 4) is 5.69 Å². The Kier molecular flexibility index (Phi) is 5.26. The highest BCUT2D eigenvalue weighted by molar-refractivity contribution is 9.10. The molecule has 31 heavy (non-hydrogen) atoms. The predicted octanol–water partition coefficient (Wildman–Crippen LogP) is 6.63. The van der Waals surface area contributed by atoms with Gasteiger partial charge in [-0.25, -0.2) is 0 Å². The highest BCUT2D eigenvalue weighted by Gasteiger charge is 2.35. The number of rotatable bonds is 4. The lowest BCUT2D eigenvalue weighted by atomic mass is 10.1. The van der Waals surface area contributed by atoms with Crippen molar-refractivity contribution < 1.29 is 9.59 Å². The molecular formula is C25H17BrN2O2S. The third-order valence-corrected chi connectivity index (χ3v) is 6.63. The summed E-state index contributed by atoms with van der Waals surface area (Å²) < 4.78 is 2.98. The molecule has 0 atom stereocenters. The molecule has 152 valence electrons. The van der Waals surface area contributed by atoms with E-state index in [0.29, 0.717) is 4.91 Å². The lowest BCUT2D eigenvalue weighted by Crippen LogP contribution is -2.27.